The van der Waals surface area contributed by atoms with E-state index in [0.717, 1.165) is 18.2 Å². The number of rotatable bonds is 11. The van der Waals surface area contributed by atoms with E-state index in [2.05, 4.69) is 9.31 Å². The fourth-order valence-electron chi connectivity index (χ4n) is 5.00. The van der Waals surface area contributed by atoms with Gasteiger partial charge in [-0.1, -0.05) is 67.6 Å². The third kappa shape index (κ3) is 6.69. The molecule has 0 atom stereocenters. The van der Waals surface area contributed by atoms with Crippen LogP contribution in [-0.2, 0) is 14.0 Å². The number of alkyl halides is 1. The Bertz CT molecular complexity index is 1740. The third-order valence-electron chi connectivity index (χ3n) is 7.40. The van der Waals surface area contributed by atoms with Crippen molar-refractivity contribution in [1.82, 2.24) is 0 Å². The van der Waals surface area contributed by atoms with Crippen LogP contribution in [0, 0.1) is 58.2 Å². The monoisotopic (exact) mass is 766 g/mol. The van der Waals surface area contributed by atoms with Crippen molar-refractivity contribution < 1.29 is 83.6 Å². The van der Waals surface area contributed by atoms with Gasteiger partial charge in [0, 0.05) is 0 Å². The first kappa shape index (κ1) is 40.0. The molecule has 0 heterocycles. The van der Waals surface area contributed by atoms with E-state index in [0.29, 0.717) is 12.1 Å². The Morgan fingerprint density at radius 3 is 1.18 bits per heavy atom. The van der Waals surface area contributed by atoms with Crippen molar-refractivity contribution in [2.45, 2.75) is 48.7 Å². The van der Waals surface area contributed by atoms with E-state index >= 15 is 22.0 Å². The number of benzene rings is 3. The minimum atomic E-state index is -4.65. The van der Waals surface area contributed by atoms with E-state index in [9.17, 15) is 43.9 Å². The summed E-state index contributed by atoms with van der Waals surface area (Å²) in [5.74, 6) is -49.7. The third-order valence-corrected chi connectivity index (χ3v) is 10.6. The Labute approximate surface area is 282 Å². The van der Waals surface area contributed by atoms with Crippen molar-refractivity contribution in [3.8, 4) is 11.5 Å². The van der Waals surface area contributed by atoms with Crippen LogP contribution >= 0.6 is 0 Å². The van der Waals surface area contributed by atoms with E-state index in [-0.39, 0.29) is 0 Å². The molecule has 0 aliphatic heterocycles. The zero-order chi connectivity index (χ0) is 38.5. The van der Waals surface area contributed by atoms with Gasteiger partial charge >= 0.3 is 21.8 Å². The summed E-state index contributed by atoms with van der Waals surface area (Å²) in [6, 6.07) is 4.11. The molecule has 0 bridgehead atoms. The Balaban J connectivity index is 2.03. The molecule has 0 N–H and O–H groups in total. The van der Waals surface area contributed by atoms with E-state index in [1.54, 1.807) is 0 Å². The summed E-state index contributed by atoms with van der Waals surface area (Å²) < 4.78 is 240. The lowest BCUT2D eigenvalue weighted by Gasteiger charge is -2.40. The predicted molar refractivity (Wildman–Crippen MR) is 148 cm³/mol. The van der Waals surface area contributed by atoms with Gasteiger partial charge in [0.25, 0.3) is 5.85 Å². The van der Waals surface area contributed by atoms with Gasteiger partial charge in [0.05, 0.1) is 0 Å². The molecule has 0 saturated carbocycles. The van der Waals surface area contributed by atoms with Gasteiger partial charge in [-0.25, -0.2) is 43.9 Å². The molecule has 1 aliphatic carbocycles. The normalized spacial score (nSPS) is 19.4. The smallest absolute Gasteiger partial charge is 0.496 e. The van der Waals surface area contributed by atoms with E-state index < -0.39 is 141 Å². The minimum absolute atomic E-state index is 0.597. The zero-order valence-electron chi connectivity index (χ0n) is 26.0. The fourth-order valence-corrected chi connectivity index (χ4v) is 7.67. The molecule has 0 radical (unpaired) electrons. The molecular formula is C30H19AlBF15O4. The number of halogens is 15. The Hall–Kier alpha value is -3.79. The lowest BCUT2D eigenvalue weighted by Crippen LogP contribution is -2.51. The molecule has 51 heavy (non-hydrogen) atoms. The van der Waals surface area contributed by atoms with Gasteiger partial charge in [0.2, 0.25) is 69.8 Å². The molecule has 0 unspecified atom stereocenters. The molecule has 0 saturated heterocycles. The first-order chi connectivity index (χ1) is 23.6. The van der Waals surface area contributed by atoms with Crippen molar-refractivity contribution in [1.29, 1.82) is 0 Å². The van der Waals surface area contributed by atoms with Crippen LogP contribution in [0.1, 0.15) is 33.3 Å². The van der Waals surface area contributed by atoms with Crippen LogP contribution in [0.4, 0.5) is 65.9 Å². The zero-order valence-corrected chi connectivity index (χ0v) is 27.2. The van der Waals surface area contributed by atoms with Gasteiger partial charge in [-0.3, -0.25) is 0 Å². The summed E-state index contributed by atoms with van der Waals surface area (Å²) in [6.45, 7) is 5.76. The van der Waals surface area contributed by atoms with Gasteiger partial charge in [-0.15, -0.1) is 0 Å². The largest absolute Gasteiger partial charge is 0.789 e. The van der Waals surface area contributed by atoms with Gasteiger partial charge in [-0.05, 0) is 5.56 Å². The summed E-state index contributed by atoms with van der Waals surface area (Å²) in [6.07, 6.45) is 0. The summed E-state index contributed by atoms with van der Waals surface area (Å²) in [5.41, 5.74) is -5.46. The lowest BCUT2D eigenvalue weighted by molar-refractivity contribution is -0.0658. The molecule has 0 aromatic heterocycles. The first-order valence-corrected chi connectivity index (χ1v) is 16.0. The number of hydrogen-bond donors (Lipinski definition) is 0. The molecule has 3 aromatic rings. The van der Waals surface area contributed by atoms with Crippen LogP contribution in [0.5, 0.6) is 11.5 Å². The van der Waals surface area contributed by atoms with Crippen molar-refractivity contribution >= 4 is 21.8 Å². The van der Waals surface area contributed by atoms with Crippen molar-refractivity contribution in [3.63, 3.8) is 0 Å². The highest BCUT2D eigenvalue weighted by atomic mass is 27.2. The maximum Gasteiger partial charge on any atom is 0.789 e. The molecule has 1 aliphatic rings. The predicted octanol–water partition coefficient (Wildman–Crippen LogP) is 10.2. The summed E-state index contributed by atoms with van der Waals surface area (Å²) >= 11 is -3.16. The Morgan fingerprint density at radius 2 is 0.843 bits per heavy atom. The molecule has 3 aromatic carbocycles. The molecule has 0 spiro atoms. The highest BCUT2D eigenvalue weighted by Crippen LogP contribution is 2.56. The SMILES string of the molecule is C[CH](C)[Al]([O]C1(F)C(F)=C(F)C(OB(Oc2c(F)c(F)c(F)c(F)c2F)Oc2c(F)c(F)c(F)c(F)c2F)(c2ccccc2)C(F)=C1F)[CH](C)C. The summed E-state index contributed by atoms with van der Waals surface area (Å²) in [7, 11) is -3.88. The van der Waals surface area contributed by atoms with Gasteiger partial charge in [0.15, 0.2) is 28.8 Å². The highest BCUT2D eigenvalue weighted by molar-refractivity contribution is 6.55. The molecule has 21 heteroatoms. The van der Waals surface area contributed by atoms with Crippen molar-refractivity contribution in [2.75, 3.05) is 0 Å². The second kappa shape index (κ2) is 14.7. The Morgan fingerprint density at radius 1 is 0.510 bits per heavy atom. The quantitative estimate of drug-likeness (QED) is 0.0843. The lowest BCUT2D eigenvalue weighted by atomic mass is 9.83. The van der Waals surface area contributed by atoms with Gasteiger partial charge in [-0.2, -0.15) is 22.0 Å². The topological polar surface area (TPSA) is 36.9 Å². The molecule has 4 rings (SSSR count). The second-order valence-electron chi connectivity index (χ2n) is 11.4. The Kier molecular flexibility index (Phi) is 11.5. The standard InChI is InChI=1S/C24H5BF15O4.2C3H7.Al/c26-7-9(28)13(32)17(14(33)10(7)29)42-25(43-18-15(34)11(30)8(27)12(31)16(18)35)44-23(6-4-2-1-3-5-6)19(36)21(38)24(40,41)22(39)20(23)37;2*1-3-2;/h1-5H;2*3H,1-2H3;/q-1;;;+1. The maximum absolute atomic E-state index is 16.4. The van der Waals surface area contributed by atoms with Crippen LogP contribution in [0.3, 0.4) is 0 Å². The summed E-state index contributed by atoms with van der Waals surface area (Å²) in [4.78, 5) is 0. The van der Waals surface area contributed by atoms with Crippen LogP contribution in [0.2, 0.25) is 9.56 Å². The second-order valence-corrected chi connectivity index (χ2v) is 15.2. The van der Waals surface area contributed by atoms with Gasteiger partial charge in [0.1, 0.15) is 0 Å². The van der Waals surface area contributed by atoms with E-state index in [1.165, 1.54) is 27.7 Å². The van der Waals surface area contributed by atoms with Crippen molar-refractivity contribution in [3.05, 3.63) is 117 Å². The van der Waals surface area contributed by atoms with E-state index in [4.69, 9.17) is 8.44 Å². The molecule has 0 fully saturated rings. The molecule has 4 nitrogen and oxygen atoms in total. The van der Waals surface area contributed by atoms with Crippen LogP contribution in [-0.4, -0.2) is 27.7 Å². The first-order valence-electron chi connectivity index (χ1n) is 14.2. The van der Waals surface area contributed by atoms with Crippen LogP contribution in [0.15, 0.2) is 53.6 Å². The van der Waals surface area contributed by atoms with Crippen LogP contribution < -0.4 is 9.31 Å². The highest BCUT2D eigenvalue weighted by Gasteiger charge is 2.64. The van der Waals surface area contributed by atoms with Crippen molar-refractivity contribution in [2.24, 2.45) is 0 Å². The van der Waals surface area contributed by atoms with Crippen LogP contribution in [0.25, 0.3) is 0 Å². The average molecular weight is 766 g/mol. The average Bonchev–Trinajstić information content (AvgIpc) is 3.10. The fraction of sp³-hybridized carbons (Fsp3) is 0.267. The number of hydrogen-bond acceptors (Lipinski definition) is 4. The molecule has 0 amide bonds. The van der Waals surface area contributed by atoms with E-state index in [1.807, 2.05) is 0 Å². The van der Waals surface area contributed by atoms with Gasteiger partial charge < -0.3 is 17.8 Å². The summed E-state index contributed by atoms with van der Waals surface area (Å²) in [5, 5.41) is 0. The minimum Gasteiger partial charge on any atom is -0.496 e. The maximum atomic E-state index is 16.4. The molecular weight excluding hydrogens is 747 g/mol. The molecule has 274 valence electrons.